The maximum absolute atomic E-state index is 12.8. The fourth-order valence-corrected chi connectivity index (χ4v) is 3.09. The molecule has 0 saturated carbocycles. The quantitative estimate of drug-likeness (QED) is 0.889. The van der Waals surface area contributed by atoms with Gasteiger partial charge >= 0.3 is 0 Å². The second-order valence-corrected chi connectivity index (χ2v) is 6.69. The van der Waals surface area contributed by atoms with Crippen molar-refractivity contribution in [1.82, 2.24) is 10.2 Å². The Balaban J connectivity index is 1.75. The molecule has 0 radical (unpaired) electrons. The van der Waals surface area contributed by atoms with E-state index in [1.54, 1.807) is 11.9 Å². The molecular weight excluding hydrogens is 296 g/mol. The second-order valence-electron chi connectivity index (χ2n) is 6.69. The van der Waals surface area contributed by atoms with Crippen LogP contribution >= 0.6 is 0 Å². The van der Waals surface area contributed by atoms with Crippen molar-refractivity contribution in [2.75, 3.05) is 33.4 Å². The number of rotatable bonds is 4. The lowest BCUT2D eigenvalue weighted by atomic mass is 9.88. The van der Waals surface area contributed by atoms with Gasteiger partial charge in [0.15, 0.2) is 6.10 Å². The summed E-state index contributed by atoms with van der Waals surface area (Å²) in [6.45, 7) is 3.94. The molecule has 2 heterocycles. The van der Waals surface area contributed by atoms with Gasteiger partial charge in [-0.3, -0.25) is 9.59 Å². The fourth-order valence-electron chi connectivity index (χ4n) is 3.09. The van der Waals surface area contributed by atoms with E-state index in [0.717, 1.165) is 5.56 Å². The standard InChI is InChI=1S/C17H22N2O4/c1-17(10-22-11-17)9-19(2)16(21)15-14(18-13(20)8-23-15)12-6-4-3-5-7-12/h3-7,14-15H,8-11H2,1-2H3,(H,18,20). The number of hydrogen-bond acceptors (Lipinski definition) is 4. The van der Waals surface area contributed by atoms with Gasteiger partial charge in [0.05, 0.1) is 19.3 Å². The van der Waals surface area contributed by atoms with Crippen molar-refractivity contribution in [3.05, 3.63) is 35.9 Å². The fraction of sp³-hybridized carbons (Fsp3) is 0.529. The van der Waals surface area contributed by atoms with Gasteiger partial charge in [-0.25, -0.2) is 0 Å². The summed E-state index contributed by atoms with van der Waals surface area (Å²) in [6, 6.07) is 8.98. The molecule has 2 fully saturated rings. The first kappa shape index (κ1) is 16.0. The Kier molecular flexibility index (Phi) is 4.37. The number of likely N-dealkylation sites (N-methyl/N-ethyl adjacent to an activating group) is 1. The van der Waals surface area contributed by atoms with Crippen LogP contribution in [0.5, 0.6) is 0 Å². The van der Waals surface area contributed by atoms with Gasteiger partial charge in [-0.1, -0.05) is 37.3 Å². The van der Waals surface area contributed by atoms with Gasteiger partial charge in [-0.05, 0) is 5.56 Å². The Morgan fingerprint density at radius 3 is 2.65 bits per heavy atom. The first-order valence-corrected chi connectivity index (χ1v) is 7.77. The Hall–Kier alpha value is -1.92. The van der Waals surface area contributed by atoms with E-state index in [1.807, 2.05) is 30.3 Å². The van der Waals surface area contributed by atoms with Crippen LogP contribution in [0.15, 0.2) is 30.3 Å². The molecule has 2 amide bonds. The molecule has 0 spiro atoms. The van der Waals surface area contributed by atoms with E-state index in [4.69, 9.17) is 9.47 Å². The summed E-state index contributed by atoms with van der Waals surface area (Å²) in [5.74, 6) is -0.322. The molecule has 124 valence electrons. The van der Waals surface area contributed by atoms with E-state index < -0.39 is 12.1 Å². The highest BCUT2D eigenvalue weighted by molar-refractivity contribution is 5.86. The Morgan fingerprint density at radius 2 is 2.04 bits per heavy atom. The van der Waals surface area contributed by atoms with Crippen molar-refractivity contribution in [3.8, 4) is 0 Å². The summed E-state index contributed by atoms with van der Waals surface area (Å²) in [5, 5.41) is 2.87. The van der Waals surface area contributed by atoms with Gasteiger partial charge in [-0.15, -0.1) is 0 Å². The molecule has 3 rings (SSSR count). The van der Waals surface area contributed by atoms with E-state index >= 15 is 0 Å². The number of carbonyl (C=O) groups is 2. The van der Waals surface area contributed by atoms with Gasteiger partial charge in [0.1, 0.15) is 6.61 Å². The lowest BCUT2D eigenvalue weighted by molar-refractivity contribution is -0.160. The summed E-state index contributed by atoms with van der Waals surface area (Å²) in [7, 11) is 1.77. The average molecular weight is 318 g/mol. The number of benzene rings is 1. The highest BCUT2D eigenvalue weighted by atomic mass is 16.5. The SMILES string of the molecule is CN(CC1(C)COC1)C(=O)C1OCC(=O)NC1c1ccccc1. The van der Waals surface area contributed by atoms with Gasteiger partial charge in [-0.2, -0.15) is 0 Å². The van der Waals surface area contributed by atoms with Crippen LogP contribution in [0.2, 0.25) is 0 Å². The lowest BCUT2D eigenvalue weighted by Gasteiger charge is -2.42. The number of carbonyl (C=O) groups excluding carboxylic acids is 2. The molecule has 23 heavy (non-hydrogen) atoms. The molecule has 2 saturated heterocycles. The number of nitrogens with zero attached hydrogens (tertiary/aromatic N) is 1. The average Bonchev–Trinajstić information content (AvgIpc) is 2.53. The number of hydrogen-bond donors (Lipinski definition) is 1. The molecule has 6 nitrogen and oxygen atoms in total. The van der Waals surface area contributed by atoms with Crippen molar-refractivity contribution >= 4 is 11.8 Å². The normalized spacial score (nSPS) is 26.1. The van der Waals surface area contributed by atoms with Crippen LogP contribution in [0.4, 0.5) is 0 Å². The topological polar surface area (TPSA) is 67.9 Å². The van der Waals surface area contributed by atoms with E-state index in [-0.39, 0.29) is 23.8 Å². The summed E-state index contributed by atoms with van der Waals surface area (Å²) in [5.41, 5.74) is 0.871. The number of ether oxygens (including phenoxy) is 2. The zero-order valence-electron chi connectivity index (χ0n) is 13.5. The van der Waals surface area contributed by atoms with Gasteiger partial charge in [0.2, 0.25) is 5.91 Å². The molecule has 1 aromatic carbocycles. The van der Waals surface area contributed by atoms with Crippen LogP contribution in [-0.4, -0.2) is 56.2 Å². The largest absolute Gasteiger partial charge is 0.380 e. The van der Waals surface area contributed by atoms with Crippen molar-refractivity contribution in [1.29, 1.82) is 0 Å². The molecule has 1 aromatic rings. The third-order valence-corrected chi connectivity index (χ3v) is 4.31. The Labute approximate surface area is 135 Å². The Morgan fingerprint density at radius 1 is 1.35 bits per heavy atom. The number of morpholine rings is 1. The molecule has 0 bridgehead atoms. The van der Waals surface area contributed by atoms with Crippen LogP contribution in [0.25, 0.3) is 0 Å². The third-order valence-electron chi connectivity index (χ3n) is 4.31. The number of amides is 2. The summed E-state index contributed by atoms with van der Waals surface area (Å²) in [4.78, 5) is 26.2. The second kappa shape index (κ2) is 6.29. The predicted octanol–water partition coefficient (Wildman–Crippen LogP) is 0.738. The molecule has 6 heteroatoms. The van der Waals surface area contributed by atoms with E-state index in [9.17, 15) is 9.59 Å². The zero-order valence-corrected chi connectivity index (χ0v) is 13.5. The van der Waals surface area contributed by atoms with Crippen molar-refractivity contribution in [2.45, 2.75) is 19.1 Å². The van der Waals surface area contributed by atoms with Gasteiger partial charge in [0.25, 0.3) is 5.91 Å². The molecule has 2 aliphatic rings. The maximum atomic E-state index is 12.8. The van der Waals surface area contributed by atoms with Crippen molar-refractivity contribution < 1.29 is 19.1 Å². The predicted molar refractivity (Wildman–Crippen MR) is 83.6 cm³/mol. The minimum absolute atomic E-state index is 0.00453. The first-order valence-electron chi connectivity index (χ1n) is 7.77. The van der Waals surface area contributed by atoms with Crippen LogP contribution in [0.3, 0.4) is 0 Å². The van der Waals surface area contributed by atoms with Crippen molar-refractivity contribution in [3.63, 3.8) is 0 Å². The minimum atomic E-state index is -0.704. The van der Waals surface area contributed by atoms with E-state index in [0.29, 0.717) is 19.8 Å². The van der Waals surface area contributed by atoms with Crippen LogP contribution in [-0.2, 0) is 19.1 Å². The summed E-state index contributed by atoms with van der Waals surface area (Å²) in [6.07, 6.45) is -0.704. The maximum Gasteiger partial charge on any atom is 0.254 e. The molecule has 0 aromatic heterocycles. The molecule has 2 unspecified atom stereocenters. The van der Waals surface area contributed by atoms with Crippen molar-refractivity contribution in [2.24, 2.45) is 5.41 Å². The van der Waals surface area contributed by atoms with Crippen LogP contribution < -0.4 is 5.32 Å². The van der Waals surface area contributed by atoms with E-state index in [2.05, 4.69) is 12.2 Å². The molecule has 1 N–H and O–H groups in total. The van der Waals surface area contributed by atoms with Gasteiger partial charge < -0.3 is 19.7 Å². The van der Waals surface area contributed by atoms with Gasteiger partial charge in [0, 0.05) is 19.0 Å². The van der Waals surface area contributed by atoms with Crippen LogP contribution in [0, 0.1) is 5.41 Å². The monoisotopic (exact) mass is 318 g/mol. The molecule has 0 aliphatic carbocycles. The first-order chi connectivity index (χ1) is 11.0. The van der Waals surface area contributed by atoms with E-state index in [1.165, 1.54) is 0 Å². The third kappa shape index (κ3) is 3.38. The molecule has 2 atom stereocenters. The minimum Gasteiger partial charge on any atom is -0.380 e. The lowest BCUT2D eigenvalue weighted by Crippen LogP contribution is -2.56. The number of nitrogens with one attached hydrogen (secondary N) is 1. The highest BCUT2D eigenvalue weighted by Crippen LogP contribution is 2.29. The highest BCUT2D eigenvalue weighted by Gasteiger charge is 2.41. The zero-order chi connectivity index (χ0) is 16.4. The smallest absolute Gasteiger partial charge is 0.254 e. The summed E-state index contributed by atoms with van der Waals surface area (Å²) >= 11 is 0. The Bertz CT molecular complexity index is 586. The summed E-state index contributed by atoms with van der Waals surface area (Å²) < 4.78 is 10.8. The molecule has 2 aliphatic heterocycles. The van der Waals surface area contributed by atoms with Crippen LogP contribution in [0.1, 0.15) is 18.5 Å². The molecular formula is C17H22N2O4.